The van der Waals surface area contributed by atoms with Gasteiger partial charge in [0.2, 0.25) is 0 Å². The van der Waals surface area contributed by atoms with E-state index in [9.17, 15) is 55.3 Å². The van der Waals surface area contributed by atoms with Crippen LogP contribution in [-0.2, 0) is 4.57 Å². The van der Waals surface area contributed by atoms with Crippen LogP contribution < -0.4 is 51.5 Å². The average Bonchev–Trinajstić information content (AvgIpc) is 1.70. The van der Waals surface area contributed by atoms with Crippen molar-refractivity contribution in [2.24, 2.45) is 0 Å². The Morgan fingerprint density at radius 3 is 0.701 bits per heavy atom. The number of halogens is 12. The summed E-state index contributed by atoms with van der Waals surface area (Å²) >= 11 is 0. The summed E-state index contributed by atoms with van der Waals surface area (Å²) in [6, 6.07) is 94.5. The van der Waals surface area contributed by atoms with Crippen molar-refractivity contribution in [2.45, 2.75) is 119 Å². The van der Waals surface area contributed by atoms with Gasteiger partial charge in [0.25, 0.3) is 0 Å². The first kappa shape index (κ1) is 79.9. The maximum absolute atomic E-state index is 16.0. The number of phosphoric acid groups is 1. The summed E-state index contributed by atoms with van der Waals surface area (Å²) in [4.78, 5) is 13.1. The van der Waals surface area contributed by atoms with Gasteiger partial charge in [0, 0.05) is 22.3 Å². The summed E-state index contributed by atoms with van der Waals surface area (Å²) in [5.41, 5.74) is 12.1. The molecule has 0 saturated heterocycles. The molecular weight excluding hydrogens is 1480 g/mol. The third-order valence-electron chi connectivity index (χ3n) is 19.3. The number of fused-ring (bicyclic) bond motifs is 7. The van der Waals surface area contributed by atoms with E-state index < -0.39 is 38.0 Å². The van der Waals surface area contributed by atoms with Gasteiger partial charge < -0.3 is 9.05 Å². The zero-order valence-electron chi connectivity index (χ0n) is 61.2. The molecule has 0 aromatic heterocycles. The molecule has 107 heavy (non-hydrogen) atoms. The molecule has 12 aromatic carbocycles. The molecule has 0 fully saturated rings. The van der Waals surface area contributed by atoms with Gasteiger partial charge in [0.05, 0.1) is 0 Å². The zero-order valence-corrected chi connectivity index (χ0v) is 65.6. The van der Waals surface area contributed by atoms with E-state index in [0.29, 0.717) is 11.5 Å². The number of phosphoric ester groups is 1. The third kappa shape index (κ3) is 17.9. The van der Waals surface area contributed by atoms with Crippen LogP contribution in [0.25, 0.3) is 54.9 Å². The molecule has 13 rings (SSSR count). The fraction of sp³-hybridized carbons (Fsp3) is 0.209. The zero-order chi connectivity index (χ0) is 77.9. The second-order valence-electron chi connectivity index (χ2n) is 29.1. The minimum absolute atomic E-state index is 0.0722. The first-order chi connectivity index (χ1) is 49.7. The Labute approximate surface area is 619 Å². The van der Waals surface area contributed by atoms with Gasteiger partial charge in [-0.1, -0.05) is 217 Å². The van der Waals surface area contributed by atoms with E-state index in [1.54, 1.807) is 0 Å². The van der Waals surface area contributed by atoms with Gasteiger partial charge in [0.1, 0.15) is 68.5 Å². The number of rotatable bonds is 16. The molecule has 0 aliphatic carbocycles. The summed E-state index contributed by atoms with van der Waals surface area (Å²) in [5.74, 6) is 1.47. The van der Waals surface area contributed by atoms with E-state index in [2.05, 4.69) is 338 Å². The van der Waals surface area contributed by atoms with Crippen LogP contribution in [0.15, 0.2) is 255 Å². The van der Waals surface area contributed by atoms with Gasteiger partial charge >= 0.3 is 73.8 Å². The van der Waals surface area contributed by atoms with Gasteiger partial charge in [-0.3, -0.25) is 4.89 Å². The van der Waals surface area contributed by atoms with Crippen LogP contribution in [0.4, 0.5) is 50.4 Å². The van der Waals surface area contributed by atoms with Gasteiger partial charge in [0.15, 0.2) is 0 Å². The Morgan fingerprint density at radius 1 is 0.290 bits per heavy atom. The number of hydrogen-bond acceptors (Lipinski definition) is 3. The van der Waals surface area contributed by atoms with Crippen LogP contribution >= 0.6 is 38.0 Å². The van der Waals surface area contributed by atoms with Crippen molar-refractivity contribution in [1.29, 1.82) is 0 Å². The van der Waals surface area contributed by atoms with E-state index >= 15 is 4.57 Å². The van der Waals surface area contributed by atoms with E-state index in [1.165, 1.54) is 53.6 Å². The van der Waals surface area contributed by atoms with Crippen molar-refractivity contribution < 1.29 is 68.9 Å². The van der Waals surface area contributed by atoms with Crippen LogP contribution in [0.1, 0.15) is 152 Å². The molecule has 0 bridgehead atoms. The van der Waals surface area contributed by atoms with E-state index in [0.717, 1.165) is 77.2 Å². The molecule has 1 aliphatic heterocycles. The van der Waals surface area contributed by atoms with Gasteiger partial charge in [-0.05, 0) is 223 Å². The van der Waals surface area contributed by atoms with Gasteiger partial charge in [-0.2, -0.15) is 0 Å². The van der Waals surface area contributed by atoms with Crippen molar-refractivity contribution in [3.8, 4) is 44.9 Å². The maximum atomic E-state index is 16.0. The van der Waals surface area contributed by atoms with Crippen LogP contribution in [0, 0.1) is 0 Å². The molecule has 0 unspecified atom stereocenters. The first-order valence-corrected chi connectivity index (χ1v) is 44.4. The SMILES string of the molecule is CC(C)c1cc(C(C)C)c(-c2cc3cc([P+](c4ccccc4)(c4ccccc4)c4ccccc4)ccc3c3c2OP(=O)(O)Oc2c(-c4c(C(C)C)cc(C(C)C)cc4C(C)C)cc4cc([P+](c5ccccc5)(c5ccccc5)c5ccccc5)ccc4c2-3)c(C(C)C)c1.F[P-](F)(F)(F)(F)F.F[P-](F)(F)(F)(F)F. The molecule has 12 aromatic rings. The van der Waals surface area contributed by atoms with Crippen molar-refractivity contribution in [3.63, 3.8) is 0 Å². The second kappa shape index (κ2) is 28.4. The monoisotopic (exact) mass is 1560 g/mol. The fourth-order valence-electron chi connectivity index (χ4n) is 14.7. The second-order valence-corrected chi connectivity index (χ2v) is 41.0. The molecule has 0 atom stereocenters. The molecule has 1 N–H and O–H groups in total. The van der Waals surface area contributed by atoms with Crippen LogP contribution in [0.5, 0.6) is 11.5 Å². The predicted octanol–water partition coefficient (Wildman–Crippen LogP) is 27.6. The molecule has 0 saturated carbocycles. The third-order valence-corrected chi connectivity index (χ3v) is 28.6. The summed E-state index contributed by atoms with van der Waals surface area (Å²) in [6.07, 6.45) is 0. The summed E-state index contributed by atoms with van der Waals surface area (Å²) in [6.45, 7) is 27.2. The molecule has 21 heteroatoms. The molecular formula is C86H85F12O4P5. The van der Waals surface area contributed by atoms with E-state index in [-0.39, 0.29) is 35.5 Å². The van der Waals surface area contributed by atoms with Crippen LogP contribution in [-0.4, -0.2) is 4.89 Å². The predicted molar refractivity (Wildman–Crippen MR) is 430 cm³/mol. The number of benzene rings is 12. The Hall–Kier alpha value is -8.17. The standard InChI is InChI=1S/C86H84O4P3.2F6P/c1-55(2)61-49-75(57(5)6)81(76(50-61)58(7)8)79-53-63-47-71(91(65-31-19-13-20-32-65,66-33-21-14-22-34-66)67-35-23-15-24-36-67)43-45-73(63)83-84-74-46-44-72(92(68-37-25-16-26-38-68,69-39-27-17-28-40-69)70-41-29-18-30-42-70)48-64(74)54-80(86(84)90-93(87,88)89-85(79)83)82-77(59(9)10)51-62(56(3)4)52-78(82)60(11)12;2*1-7(2,3,4,5)6/h13-60H,1-12H3;;/q+1;2*-1/p+1. The molecule has 0 amide bonds. The van der Waals surface area contributed by atoms with Crippen LogP contribution in [0.2, 0.25) is 0 Å². The van der Waals surface area contributed by atoms with Crippen molar-refractivity contribution in [2.75, 3.05) is 0 Å². The van der Waals surface area contributed by atoms with Gasteiger partial charge in [-0.25, -0.2) is 4.57 Å². The summed E-state index contributed by atoms with van der Waals surface area (Å²) in [5, 5.41) is 13.6. The Morgan fingerprint density at radius 2 is 0.505 bits per heavy atom. The first-order valence-electron chi connectivity index (χ1n) is 35.3. The molecule has 1 heterocycles. The minimum atomic E-state index is -10.7. The average molecular weight is 1570 g/mol. The van der Waals surface area contributed by atoms with Crippen LogP contribution in [0.3, 0.4) is 0 Å². The van der Waals surface area contributed by atoms with Crippen molar-refractivity contribution >= 4 is 102 Å². The molecule has 4 nitrogen and oxygen atoms in total. The van der Waals surface area contributed by atoms with Crippen molar-refractivity contribution in [3.05, 3.63) is 288 Å². The molecule has 0 spiro atoms. The Bertz CT molecular complexity index is 4720. The Balaban J connectivity index is 0.000000743. The van der Waals surface area contributed by atoms with E-state index in [4.69, 9.17) is 9.05 Å². The molecule has 562 valence electrons. The normalized spacial score (nSPS) is 14.5. The summed E-state index contributed by atoms with van der Waals surface area (Å²) in [7, 11) is -31.7. The molecule has 0 radical (unpaired) electrons. The number of hydrogen-bond donors (Lipinski definition) is 1. The fourth-order valence-corrected chi connectivity index (χ4v) is 24.1. The topological polar surface area (TPSA) is 55.8 Å². The van der Waals surface area contributed by atoms with Crippen molar-refractivity contribution in [1.82, 2.24) is 0 Å². The Kier molecular flexibility index (Phi) is 21.2. The summed E-state index contributed by atoms with van der Waals surface area (Å²) < 4.78 is 149. The van der Waals surface area contributed by atoms with E-state index in [1.807, 2.05) is 0 Å². The molecule has 1 aliphatic rings. The van der Waals surface area contributed by atoms with Gasteiger partial charge in [-0.15, -0.1) is 0 Å². The quantitative estimate of drug-likeness (QED) is 0.0774.